The number of unbranched alkanes of at least 4 members (excludes halogenated alkanes) is 1. The third-order valence-electron chi connectivity index (χ3n) is 7.13. The Labute approximate surface area is 241 Å². The van der Waals surface area contributed by atoms with Gasteiger partial charge in [-0.2, -0.15) is 0 Å². The van der Waals surface area contributed by atoms with Crippen LogP contribution < -0.4 is 5.46 Å². The van der Waals surface area contributed by atoms with Gasteiger partial charge in [-0.25, -0.2) is 0 Å². The second-order valence-corrected chi connectivity index (χ2v) is 24.1. The molecule has 0 N–H and O–H groups in total. The molecule has 0 aliphatic carbocycles. The van der Waals surface area contributed by atoms with E-state index < -0.39 is 0 Å². The number of hydrogen-bond donors (Lipinski definition) is 0. The third-order valence-corrected chi connectivity index (χ3v) is 16.9. The number of benzene rings is 1. The molecule has 0 unspecified atom stereocenters. The first-order valence-electron chi connectivity index (χ1n) is 13.8. The zero-order valence-corrected chi connectivity index (χ0v) is 31.6. The van der Waals surface area contributed by atoms with Crippen LogP contribution in [-0.4, -0.2) is 48.2 Å². The first-order valence-corrected chi connectivity index (χ1v) is 19.3. The van der Waals surface area contributed by atoms with Gasteiger partial charge in [0.25, 0.3) is 0 Å². The van der Waals surface area contributed by atoms with E-state index in [4.69, 9.17) is 4.65 Å². The molecule has 0 bridgehead atoms. The summed E-state index contributed by atoms with van der Waals surface area (Å²) < 4.78 is 5.60. The van der Waals surface area contributed by atoms with Crippen molar-refractivity contribution in [3.05, 3.63) is 28.8 Å². The van der Waals surface area contributed by atoms with Crippen LogP contribution in [0.4, 0.5) is 0 Å². The second kappa shape index (κ2) is 16.4. The van der Waals surface area contributed by atoms with E-state index in [1.54, 1.807) is 0 Å². The molecule has 0 spiro atoms. The molecule has 0 aliphatic rings. The van der Waals surface area contributed by atoms with E-state index in [0.717, 1.165) is 13.0 Å². The van der Waals surface area contributed by atoms with E-state index in [9.17, 15) is 0 Å². The maximum absolute atomic E-state index is 5.60. The second-order valence-electron chi connectivity index (χ2n) is 14.5. The molecule has 0 aliphatic heterocycles. The maximum atomic E-state index is 5.60. The molecule has 1 aromatic rings. The van der Waals surface area contributed by atoms with Crippen LogP contribution in [-0.2, 0) is 4.65 Å². The third kappa shape index (κ3) is 16.9. The van der Waals surface area contributed by atoms with Gasteiger partial charge in [-0.15, -0.1) is 0 Å². The van der Waals surface area contributed by atoms with Crippen LogP contribution in [0, 0.1) is 20.8 Å². The quantitative estimate of drug-likeness (QED) is 0.237. The molecular weight excluding hydrogens is 528 g/mol. The van der Waals surface area contributed by atoms with Gasteiger partial charge in [0.2, 0.25) is 0 Å². The van der Waals surface area contributed by atoms with Gasteiger partial charge in [0.15, 0.2) is 0 Å². The Morgan fingerprint density at radius 1 is 0.667 bits per heavy atom. The molecule has 0 atom stereocenters. The minimum absolute atomic E-state index is 0.221. The predicted molar refractivity (Wildman–Crippen MR) is 174 cm³/mol. The molecule has 1 aromatic carbocycles. The van der Waals surface area contributed by atoms with E-state index in [1.807, 2.05) is 7.48 Å². The molecule has 36 heavy (non-hydrogen) atoms. The van der Waals surface area contributed by atoms with Gasteiger partial charge < -0.3 is 0 Å². The summed E-state index contributed by atoms with van der Waals surface area (Å²) in [6.07, 6.45) is 2.40. The first kappa shape index (κ1) is 38.4. The van der Waals surface area contributed by atoms with Crippen LogP contribution in [0.5, 0.6) is 0 Å². The Morgan fingerprint density at radius 2 is 1.00 bits per heavy atom. The molecule has 0 heterocycles. The standard InChI is InChI=1S/C13H19BGeO.2C9H21Si/c1-10-8-11(2)13(12(3)9-10)14-16-7-5-4-6-15;2*1-8(2,3)10(7)9(4,5)6/h8-9H,4-7H2,1-3H3;2*1-7H3. The van der Waals surface area contributed by atoms with Gasteiger partial charge in [-0.1, -0.05) is 96.2 Å². The summed E-state index contributed by atoms with van der Waals surface area (Å²) >= 11 is 2.21. The molecule has 1 nitrogen and oxygen atoms in total. The molecule has 5 heteroatoms. The van der Waals surface area contributed by atoms with Gasteiger partial charge in [0, 0.05) is 0 Å². The Hall–Kier alpha value is 0.222. The normalized spacial score (nSPS) is 12.7. The minimum atomic E-state index is -0.221. The summed E-state index contributed by atoms with van der Waals surface area (Å²) in [6.45, 7) is 40.4. The Morgan fingerprint density at radius 3 is 1.25 bits per heavy atom. The molecule has 0 fully saturated rings. The Kier molecular flexibility index (Phi) is 17.4. The molecular formula is C31H61BGeOSi2. The number of hydrogen-bond acceptors (Lipinski definition) is 1. The van der Waals surface area contributed by atoms with Gasteiger partial charge in [-0.05, 0) is 20.2 Å². The summed E-state index contributed by atoms with van der Waals surface area (Å²) in [6, 6.07) is 4.41. The van der Waals surface area contributed by atoms with E-state index in [-0.39, 0.29) is 17.6 Å². The average Bonchev–Trinajstić information content (AvgIpc) is 2.66. The number of aryl methyl sites for hydroxylation is 3. The molecule has 1 rings (SSSR count). The molecule has 206 valence electrons. The van der Waals surface area contributed by atoms with Gasteiger partial charge in [0.05, 0.1) is 17.6 Å². The van der Waals surface area contributed by atoms with E-state index in [1.165, 1.54) is 33.8 Å². The summed E-state index contributed by atoms with van der Waals surface area (Å²) in [4.78, 5) is 0. The van der Waals surface area contributed by atoms with Crippen LogP contribution in [0.3, 0.4) is 0 Å². The number of rotatable bonds is 6. The molecule has 6 radical (unpaired) electrons. The van der Waals surface area contributed by atoms with Crippen molar-refractivity contribution in [2.75, 3.05) is 6.61 Å². The van der Waals surface area contributed by atoms with Gasteiger partial charge in [-0.3, -0.25) is 0 Å². The predicted octanol–water partition coefficient (Wildman–Crippen LogP) is 9.66. The Bertz CT molecular complexity index is 656. The van der Waals surface area contributed by atoms with Crippen LogP contribution in [0.1, 0.15) is 113 Å². The topological polar surface area (TPSA) is 9.23 Å². The van der Waals surface area contributed by atoms with E-state index >= 15 is 0 Å². The van der Waals surface area contributed by atoms with Crippen molar-refractivity contribution in [3.63, 3.8) is 0 Å². The van der Waals surface area contributed by atoms with Crippen LogP contribution >= 0.6 is 0 Å². The first-order chi connectivity index (χ1) is 16.0. The fourth-order valence-corrected chi connectivity index (χ4v) is 9.10. The van der Waals surface area contributed by atoms with Crippen molar-refractivity contribution >= 4 is 47.1 Å². The molecule has 0 saturated heterocycles. The fourth-order valence-electron chi connectivity index (χ4n) is 4.08. The summed E-state index contributed by atoms with van der Waals surface area (Å²) in [5, 5.41) is 3.42. The monoisotopic (exact) mass is 590 g/mol. The van der Waals surface area contributed by atoms with Crippen molar-refractivity contribution in [2.24, 2.45) is 0 Å². The molecule has 0 saturated carbocycles. The van der Waals surface area contributed by atoms with Gasteiger partial charge >= 0.3 is 108 Å². The molecule has 0 amide bonds. The average molecular weight is 589 g/mol. The van der Waals surface area contributed by atoms with Crippen molar-refractivity contribution in [1.82, 2.24) is 0 Å². The summed E-state index contributed by atoms with van der Waals surface area (Å²) in [7, 11) is 1.48. The van der Waals surface area contributed by atoms with Crippen molar-refractivity contribution in [1.29, 1.82) is 0 Å². The van der Waals surface area contributed by atoms with Crippen molar-refractivity contribution < 1.29 is 4.65 Å². The van der Waals surface area contributed by atoms with Crippen LogP contribution in [0.2, 0.25) is 38.5 Å². The van der Waals surface area contributed by atoms with Crippen molar-refractivity contribution in [3.8, 4) is 0 Å². The van der Waals surface area contributed by atoms with Crippen LogP contribution in [0.25, 0.3) is 0 Å². The van der Waals surface area contributed by atoms with E-state index in [0.29, 0.717) is 20.2 Å². The van der Waals surface area contributed by atoms with Crippen LogP contribution in [0.15, 0.2) is 12.1 Å². The summed E-state index contributed by atoms with van der Waals surface area (Å²) in [5.41, 5.74) is 5.15. The Balaban J connectivity index is 0. The fraction of sp³-hybridized carbons (Fsp3) is 0.806. The summed E-state index contributed by atoms with van der Waals surface area (Å²) in [5.74, 6) is 0. The SMILES string of the molecule is C[Si](C(C)(C)C)C(C)(C)C.C[Si](C(C)(C)C)C(C)(C)C.Cc1cc(C)c([B]OCCC[CH2][Ge])c(C)c1. The van der Waals surface area contributed by atoms with Crippen molar-refractivity contribution in [2.45, 2.75) is 155 Å². The van der Waals surface area contributed by atoms with Gasteiger partial charge in [0.1, 0.15) is 0 Å². The zero-order chi connectivity index (χ0) is 29.1. The zero-order valence-electron chi connectivity index (χ0n) is 27.5. The van der Waals surface area contributed by atoms with E-state index in [2.05, 4.69) is 146 Å². The molecule has 0 aromatic heterocycles.